The van der Waals surface area contributed by atoms with E-state index < -0.39 is 28.3 Å². The zero-order chi connectivity index (χ0) is 15.3. The largest absolute Gasteiger partial charge is 0.481 e. The van der Waals surface area contributed by atoms with Crippen LogP contribution in [0, 0.1) is 15.9 Å². The highest BCUT2D eigenvalue weighted by Crippen LogP contribution is 2.18. The van der Waals surface area contributed by atoms with Gasteiger partial charge in [-0.25, -0.2) is 0 Å². The highest BCUT2D eigenvalue weighted by molar-refractivity contribution is 5.94. The van der Waals surface area contributed by atoms with E-state index in [2.05, 4.69) is 0 Å². The minimum Gasteiger partial charge on any atom is -0.481 e. The van der Waals surface area contributed by atoms with Gasteiger partial charge < -0.3 is 10.0 Å². The number of nitro benzene ring substituents is 1. The standard InChI is InChI=1S/C12H13FN2O5/c1-14(6-2-3-11(16)17)12(18)8-4-5-10(15(19)20)9(13)7-8/h4-5,7H,2-3,6H2,1H3,(H,16,17). The second-order valence-corrected chi connectivity index (χ2v) is 4.15. The van der Waals surface area contributed by atoms with E-state index in [1.165, 1.54) is 11.9 Å². The lowest BCUT2D eigenvalue weighted by Crippen LogP contribution is -2.28. The van der Waals surface area contributed by atoms with Gasteiger partial charge in [-0.05, 0) is 18.6 Å². The predicted octanol–water partition coefficient (Wildman–Crippen LogP) is 1.67. The predicted molar refractivity (Wildman–Crippen MR) is 66.9 cm³/mol. The van der Waals surface area contributed by atoms with E-state index in [0.29, 0.717) is 0 Å². The Labute approximate surface area is 113 Å². The van der Waals surface area contributed by atoms with Gasteiger partial charge in [0.25, 0.3) is 5.91 Å². The van der Waals surface area contributed by atoms with E-state index in [-0.39, 0.29) is 24.9 Å². The summed E-state index contributed by atoms with van der Waals surface area (Å²) in [5.74, 6) is -2.57. The molecule has 1 aromatic rings. The van der Waals surface area contributed by atoms with Crippen molar-refractivity contribution in [2.24, 2.45) is 0 Å². The molecule has 0 saturated heterocycles. The Hall–Kier alpha value is -2.51. The van der Waals surface area contributed by atoms with Crippen molar-refractivity contribution >= 4 is 17.6 Å². The number of amides is 1. The van der Waals surface area contributed by atoms with Crippen molar-refractivity contribution in [1.82, 2.24) is 4.90 Å². The Kier molecular flexibility index (Phi) is 5.13. The highest BCUT2D eigenvalue weighted by Gasteiger charge is 2.18. The molecule has 0 radical (unpaired) electrons. The molecule has 0 saturated carbocycles. The van der Waals surface area contributed by atoms with E-state index in [9.17, 15) is 24.1 Å². The molecule has 0 atom stereocenters. The normalized spacial score (nSPS) is 10.1. The van der Waals surface area contributed by atoms with E-state index in [4.69, 9.17) is 5.11 Å². The summed E-state index contributed by atoms with van der Waals surface area (Å²) in [6.07, 6.45) is 0.194. The van der Waals surface area contributed by atoms with Crippen molar-refractivity contribution in [2.75, 3.05) is 13.6 Å². The van der Waals surface area contributed by atoms with Crippen molar-refractivity contribution in [3.8, 4) is 0 Å². The van der Waals surface area contributed by atoms with Gasteiger partial charge in [0, 0.05) is 31.6 Å². The van der Waals surface area contributed by atoms with Gasteiger partial charge in [-0.1, -0.05) is 0 Å². The molecule has 0 heterocycles. The maximum absolute atomic E-state index is 13.4. The molecule has 0 aliphatic rings. The lowest BCUT2D eigenvalue weighted by Gasteiger charge is -2.16. The van der Waals surface area contributed by atoms with Gasteiger partial charge in [-0.3, -0.25) is 19.7 Å². The molecule has 0 spiro atoms. The molecule has 0 fully saturated rings. The summed E-state index contributed by atoms with van der Waals surface area (Å²) in [5.41, 5.74) is -0.721. The summed E-state index contributed by atoms with van der Waals surface area (Å²) >= 11 is 0. The van der Waals surface area contributed by atoms with Crippen molar-refractivity contribution < 1.29 is 24.0 Å². The number of carbonyl (C=O) groups is 2. The van der Waals surface area contributed by atoms with E-state index in [1.807, 2.05) is 0 Å². The molecule has 20 heavy (non-hydrogen) atoms. The molecule has 7 nitrogen and oxygen atoms in total. The third kappa shape index (κ3) is 4.01. The highest BCUT2D eigenvalue weighted by atomic mass is 19.1. The van der Waals surface area contributed by atoms with Crippen molar-refractivity contribution in [2.45, 2.75) is 12.8 Å². The lowest BCUT2D eigenvalue weighted by molar-refractivity contribution is -0.387. The molecule has 0 unspecified atom stereocenters. The number of benzene rings is 1. The van der Waals surface area contributed by atoms with E-state index >= 15 is 0 Å². The summed E-state index contributed by atoms with van der Waals surface area (Å²) in [4.78, 5) is 33.1. The van der Waals surface area contributed by atoms with Gasteiger partial charge in [0.05, 0.1) is 4.92 Å². The quantitative estimate of drug-likeness (QED) is 0.632. The first-order valence-electron chi connectivity index (χ1n) is 5.74. The van der Waals surface area contributed by atoms with Crippen molar-refractivity contribution in [3.05, 3.63) is 39.7 Å². The van der Waals surface area contributed by atoms with Crippen LogP contribution in [0.5, 0.6) is 0 Å². The Morgan fingerprint density at radius 2 is 2.10 bits per heavy atom. The molecule has 0 aliphatic heterocycles. The summed E-state index contributed by atoms with van der Waals surface area (Å²) in [6.45, 7) is 0.198. The van der Waals surface area contributed by atoms with Gasteiger partial charge in [0.1, 0.15) is 0 Å². The molecule has 1 N–H and O–H groups in total. The van der Waals surface area contributed by atoms with Crippen LogP contribution in [0.4, 0.5) is 10.1 Å². The molecule has 8 heteroatoms. The van der Waals surface area contributed by atoms with E-state index in [1.54, 1.807) is 0 Å². The number of nitro groups is 1. The molecule has 0 bridgehead atoms. The summed E-state index contributed by atoms with van der Waals surface area (Å²) in [7, 11) is 1.45. The van der Waals surface area contributed by atoms with Crippen LogP contribution in [0.3, 0.4) is 0 Å². The van der Waals surface area contributed by atoms with Crippen LogP contribution in [0.15, 0.2) is 18.2 Å². The Morgan fingerprint density at radius 1 is 1.45 bits per heavy atom. The number of carbonyl (C=O) groups excluding carboxylic acids is 1. The van der Waals surface area contributed by atoms with Crippen LogP contribution >= 0.6 is 0 Å². The Morgan fingerprint density at radius 3 is 2.60 bits per heavy atom. The maximum atomic E-state index is 13.4. The van der Waals surface area contributed by atoms with Gasteiger partial charge in [0.15, 0.2) is 0 Å². The van der Waals surface area contributed by atoms with Crippen LogP contribution in [0.1, 0.15) is 23.2 Å². The maximum Gasteiger partial charge on any atom is 0.304 e. The topological polar surface area (TPSA) is 101 Å². The number of carboxylic acids is 1. The lowest BCUT2D eigenvalue weighted by atomic mass is 10.1. The fraction of sp³-hybridized carbons (Fsp3) is 0.333. The number of nitrogens with zero attached hydrogens (tertiary/aromatic N) is 2. The van der Waals surface area contributed by atoms with Crippen LogP contribution in [0.25, 0.3) is 0 Å². The van der Waals surface area contributed by atoms with Gasteiger partial charge in [-0.15, -0.1) is 0 Å². The molecule has 0 aliphatic carbocycles. The number of carboxylic acid groups (broad SMARTS) is 1. The van der Waals surface area contributed by atoms with Gasteiger partial charge in [0.2, 0.25) is 5.82 Å². The van der Waals surface area contributed by atoms with Gasteiger partial charge >= 0.3 is 11.7 Å². The first kappa shape index (κ1) is 15.5. The fourth-order valence-corrected chi connectivity index (χ4v) is 1.58. The van der Waals surface area contributed by atoms with Crippen LogP contribution in [-0.2, 0) is 4.79 Å². The zero-order valence-electron chi connectivity index (χ0n) is 10.7. The van der Waals surface area contributed by atoms with Crippen molar-refractivity contribution in [1.29, 1.82) is 0 Å². The number of hydrogen-bond acceptors (Lipinski definition) is 4. The molecule has 108 valence electrons. The average Bonchev–Trinajstić information content (AvgIpc) is 2.36. The molecule has 1 amide bonds. The Balaban J connectivity index is 2.74. The first-order chi connectivity index (χ1) is 9.32. The van der Waals surface area contributed by atoms with Crippen LogP contribution < -0.4 is 0 Å². The van der Waals surface area contributed by atoms with E-state index in [0.717, 1.165) is 18.2 Å². The summed E-state index contributed by atoms with van der Waals surface area (Å²) in [5, 5.41) is 18.9. The third-order valence-corrected chi connectivity index (χ3v) is 2.62. The second kappa shape index (κ2) is 6.60. The van der Waals surface area contributed by atoms with Crippen LogP contribution in [-0.4, -0.2) is 40.4 Å². The molecular formula is C12H13FN2O5. The molecule has 1 rings (SSSR count). The second-order valence-electron chi connectivity index (χ2n) is 4.15. The molecule has 1 aromatic carbocycles. The minimum absolute atomic E-state index is 0.0223. The molecule has 0 aromatic heterocycles. The monoisotopic (exact) mass is 284 g/mol. The number of rotatable bonds is 6. The smallest absolute Gasteiger partial charge is 0.304 e. The Bertz CT molecular complexity index is 547. The number of hydrogen-bond donors (Lipinski definition) is 1. The zero-order valence-corrected chi connectivity index (χ0v) is 10.7. The third-order valence-electron chi connectivity index (χ3n) is 2.62. The number of aliphatic carboxylic acids is 1. The number of halogens is 1. The summed E-state index contributed by atoms with van der Waals surface area (Å²) in [6, 6.07) is 2.89. The minimum atomic E-state index is -1.08. The van der Waals surface area contributed by atoms with Crippen molar-refractivity contribution in [3.63, 3.8) is 0 Å². The van der Waals surface area contributed by atoms with Crippen LogP contribution in [0.2, 0.25) is 0 Å². The summed E-state index contributed by atoms with van der Waals surface area (Å²) < 4.78 is 13.4. The first-order valence-corrected chi connectivity index (χ1v) is 5.74. The molecular weight excluding hydrogens is 271 g/mol. The SMILES string of the molecule is CN(CCCC(=O)O)C(=O)c1ccc([N+](=O)[O-])c(F)c1. The fourth-order valence-electron chi connectivity index (χ4n) is 1.58. The van der Waals surface area contributed by atoms with Gasteiger partial charge in [-0.2, -0.15) is 4.39 Å². The average molecular weight is 284 g/mol.